The van der Waals surface area contributed by atoms with Gasteiger partial charge in [-0.05, 0) is 47.1 Å². The van der Waals surface area contributed by atoms with E-state index in [1.165, 1.54) is 0 Å². The quantitative estimate of drug-likeness (QED) is 0.474. The van der Waals surface area contributed by atoms with Crippen LogP contribution in [-0.4, -0.2) is 18.9 Å². The second-order valence-electron chi connectivity index (χ2n) is 9.06. The van der Waals surface area contributed by atoms with Crippen LogP contribution in [0.1, 0.15) is 87.2 Å². The molecule has 5 heteroatoms. The molecule has 0 radical (unpaired) electrons. The van der Waals surface area contributed by atoms with Crippen molar-refractivity contribution >= 4 is 17.5 Å². The lowest BCUT2D eigenvalue weighted by Crippen LogP contribution is -2.22. The first-order valence-corrected chi connectivity index (χ1v) is 11.0. The molecule has 0 heterocycles. The van der Waals surface area contributed by atoms with Crippen molar-refractivity contribution in [2.45, 2.75) is 71.1 Å². The van der Waals surface area contributed by atoms with Gasteiger partial charge in [0.25, 0.3) is 0 Å². The van der Waals surface area contributed by atoms with Crippen molar-refractivity contribution in [3.05, 3.63) is 59.2 Å². The standard InChI is InChI=1S/C26H36N2O3/c1-6-7-8-11-18(20-12-9-10-13-23(20)31-5)17-24(29)28-22-16-19(25(27)30)14-15-21(22)26(2,3)4/h9-10,12-16,18H,6-8,11,17H2,1-5H3,(H2,27,30)(H,28,29). The molecule has 0 fully saturated rings. The molecule has 1 atom stereocenters. The summed E-state index contributed by atoms with van der Waals surface area (Å²) in [6.45, 7) is 8.39. The van der Waals surface area contributed by atoms with Gasteiger partial charge in [-0.2, -0.15) is 0 Å². The monoisotopic (exact) mass is 424 g/mol. The number of carbonyl (C=O) groups is 2. The van der Waals surface area contributed by atoms with E-state index >= 15 is 0 Å². The number of anilines is 1. The maximum Gasteiger partial charge on any atom is 0.248 e. The molecule has 3 N–H and O–H groups in total. The Morgan fingerprint density at radius 1 is 1.10 bits per heavy atom. The number of primary amides is 1. The zero-order valence-electron chi connectivity index (χ0n) is 19.5. The Balaban J connectivity index is 2.30. The molecule has 0 aliphatic heterocycles. The van der Waals surface area contributed by atoms with Crippen LogP contribution < -0.4 is 15.8 Å². The van der Waals surface area contributed by atoms with Gasteiger partial charge >= 0.3 is 0 Å². The number of hydrogen-bond acceptors (Lipinski definition) is 3. The molecule has 2 rings (SSSR count). The summed E-state index contributed by atoms with van der Waals surface area (Å²) in [4.78, 5) is 24.8. The van der Waals surface area contributed by atoms with Gasteiger partial charge < -0.3 is 15.8 Å². The van der Waals surface area contributed by atoms with Crippen LogP contribution in [0.25, 0.3) is 0 Å². The Hall–Kier alpha value is -2.82. The first-order chi connectivity index (χ1) is 14.7. The minimum Gasteiger partial charge on any atom is -0.496 e. The Bertz CT molecular complexity index is 900. The predicted molar refractivity (Wildman–Crippen MR) is 127 cm³/mol. The number of unbranched alkanes of at least 4 members (excludes halogenated alkanes) is 2. The summed E-state index contributed by atoms with van der Waals surface area (Å²) in [5.74, 6) is 0.268. The second kappa shape index (κ2) is 11.0. The Labute approximate surface area is 186 Å². The van der Waals surface area contributed by atoms with Crippen molar-refractivity contribution in [3.8, 4) is 5.75 Å². The fourth-order valence-corrected chi connectivity index (χ4v) is 3.89. The molecule has 2 aromatic carbocycles. The van der Waals surface area contributed by atoms with Crippen LogP contribution in [0.2, 0.25) is 0 Å². The average molecular weight is 425 g/mol. The molecular formula is C26H36N2O3. The minimum atomic E-state index is -0.512. The number of para-hydroxylation sites is 1. The number of amides is 2. The zero-order valence-corrected chi connectivity index (χ0v) is 19.5. The number of ether oxygens (including phenoxy) is 1. The molecule has 0 aliphatic carbocycles. The third-order valence-corrected chi connectivity index (χ3v) is 5.55. The molecule has 2 amide bonds. The average Bonchev–Trinajstić information content (AvgIpc) is 2.72. The Morgan fingerprint density at radius 3 is 2.42 bits per heavy atom. The van der Waals surface area contributed by atoms with E-state index in [1.807, 2.05) is 30.3 Å². The minimum absolute atomic E-state index is 0.0557. The maximum absolute atomic E-state index is 13.1. The number of nitrogens with two attached hydrogens (primary N) is 1. The van der Waals surface area contributed by atoms with Crippen LogP contribution in [0, 0.1) is 0 Å². The number of methoxy groups -OCH3 is 1. The molecule has 168 valence electrons. The summed E-state index contributed by atoms with van der Waals surface area (Å²) in [6.07, 6.45) is 4.56. The summed E-state index contributed by atoms with van der Waals surface area (Å²) in [7, 11) is 1.66. The second-order valence-corrected chi connectivity index (χ2v) is 9.06. The van der Waals surface area contributed by atoms with Gasteiger partial charge in [-0.15, -0.1) is 0 Å². The van der Waals surface area contributed by atoms with Crippen molar-refractivity contribution < 1.29 is 14.3 Å². The molecule has 0 saturated carbocycles. The summed E-state index contributed by atoms with van der Waals surface area (Å²) in [5.41, 5.74) is 8.31. The van der Waals surface area contributed by atoms with Gasteiger partial charge in [0, 0.05) is 17.7 Å². The molecule has 1 unspecified atom stereocenters. The largest absolute Gasteiger partial charge is 0.496 e. The third-order valence-electron chi connectivity index (χ3n) is 5.55. The number of rotatable bonds is 10. The highest BCUT2D eigenvalue weighted by Gasteiger charge is 2.23. The summed E-state index contributed by atoms with van der Waals surface area (Å²) >= 11 is 0. The van der Waals surface area contributed by atoms with Gasteiger partial charge in [0.15, 0.2) is 0 Å². The fraction of sp³-hybridized carbons (Fsp3) is 0.462. The fourth-order valence-electron chi connectivity index (χ4n) is 3.89. The Kier molecular flexibility index (Phi) is 8.66. The van der Waals surface area contributed by atoms with Gasteiger partial charge in [-0.1, -0.05) is 71.2 Å². The van der Waals surface area contributed by atoms with Crippen molar-refractivity contribution in [2.24, 2.45) is 5.73 Å². The SMILES string of the molecule is CCCCCC(CC(=O)Nc1cc(C(N)=O)ccc1C(C)(C)C)c1ccccc1OC. The van der Waals surface area contributed by atoms with Crippen molar-refractivity contribution in [2.75, 3.05) is 12.4 Å². The van der Waals surface area contributed by atoms with Crippen molar-refractivity contribution in [1.82, 2.24) is 0 Å². The highest BCUT2D eigenvalue weighted by atomic mass is 16.5. The van der Waals surface area contributed by atoms with Gasteiger partial charge in [0.1, 0.15) is 5.75 Å². The number of carbonyl (C=O) groups excluding carboxylic acids is 2. The zero-order chi connectivity index (χ0) is 23.0. The van der Waals surface area contributed by atoms with Gasteiger partial charge in [0.2, 0.25) is 11.8 Å². The van der Waals surface area contributed by atoms with Crippen LogP contribution in [-0.2, 0) is 10.2 Å². The maximum atomic E-state index is 13.1. The molecule has 0 aromatic heterocycles. The van der Waals surface area contributed by atoms with Crippen LogP contribution >= 0.6 is 0 Å². The molecule has 0 aliphatic rings. The number of hydrogen-bond donors (Lipinski definition) is 2. The molecule has 0 spiro atoms. The molecule has 0 bridgehead atoms. The molecule has 5 nitrogen and oxygen atoms in total. The molecular weight excluding hydrogens is 388 g/mol. The summed E-state index contributed by atoms with van der Waals surface area (Å²) < 4.78 is 5.56. The van der Waals surface area contributed by atoms with Crippen molar-refractivity contribution in [1.29, 1.82) is 0 Å². The first-order valence-electron chi connectivity index (χ1n) is 11.0. The van der Waals surface area contributed by atoms with Crippen LogP contribution in [0.5, 0.6) is 5.75 Å². The first kappa shape index (κ1) is 24.4. The normalized spacial score (nSPS) is 12.3. The molecule has 2 aromatic rings. The number of nitrogens with one attached hydrogen (secondary N) is 1. The lowest BCUT2D eigenvalue weighted by atomic mass is 9.84. The third kappa shape index (κ3) is 6.84. The predicted octanol–water partition coefficient (Wildman–Crippen LogP) is 5.78. The summed E-state index contributed by atoms with van der Waals surface area (Å²) in [6, 6.07) is 13.2. The molecule has 31 heavy (non-hydrogen) atoms. The molecule has 0 saturated heterocycles. The smallest absolute Gasteiger partial charge is 0.248 e. The lowest BCUT2D eigenvalue weighted by molar-refractivity contribution is -0.116. The van der Waals surface area contributed by atoms with Crippen LogP contribution in [0.15, 0.2) is 42.5 Å². The van der Waals surface area contributed by atoms with E-state index < -0.39 is 5.91 Å². The highest BCUT2D eigenvalue weighted by molar-refractivity contribution is 5.97. The van der Waals surface area contributed by atoms with E-state index in [4.69, 9.17) is 10.5 Å². The van der Waals surface area contributed by atoms with E-state index in [0.717, 1.165) is 42.6 Å². The van der Waals surface area contributed by atoms with E-state index in [-0.39, 0.29) is 17.2 Å². The van der Waals surface area contributed by atoms with E-state index in [9.17, 15) is 9.59 Å². The lowest BCUT2D eigenvalue weighted by Gasteiger charge is -2.24. The van der Waals surface area contributed by atoms with Crippen molar-refractivity contribution in [3.63, 3.8) is 0 Å². The number of benzene rings is 2. The van der Waals surface area contributed by atoms with E-state index in [0.29, 0.717) is 17.7 Å². The van der Waals surface area contributed by atoms with Crippen LogP contribution in [0.4, 0.5) is 5.69 Å². The summed E-state index contributed by atoms with van der Waals surface area (Å²) in [5, 5.41) is 3.05. The topological polar surface area (TPSA) is 81.4 Å². The van der Waals surface area contributed by atoms with Gasteiger partial charge in [-0.3, -0.25) is 9.59 Å². The van der Waals surface area contributed by atoms with Gasteiger partial charge in [0.05, 0.1) is 7.11 Å². The van der Waals surface area contributed by atoms with Gasteiger partial charge in [-0.25, -0.2) is 0 Å². The van der Waals surface area contributed by atoms with E-state index in [2.05, 4.69) is 33.0 Å². The Morgan fingerprint density at radius 2 is 1.81 bits per heavy atom. The van der Waals surface area contributed by atoms with E-state index in [1.54, 1.807) is 19.2 Å². The highest BCUT2D eigenvalue weighted by Crippen LogP contribution is 2.34. The van der Waals surface area contributed by atoms with Crippen LogP contribution in [0.3, 0.4) is 0 Å².